The predicted molar refractivity (Wildman–Crippen MR) is 149 cm³/mol. The molecule has 1 aliphatic rings. The van der Waals surface area contributed by atoms with Crippen LogP contribution in [0.2, 0.25) is 0 Å². The monoisotopic (exact) mass is 541 g/mol. The highest BCUT2D eigenvalue weighted by Gasteiger charge is 2.33. The maximum absolute atomic E-state index is 13.9. The summed E-state index contributed by atoms with van der Waals surface area (Å²) < 4.78 is 26.6. The Balaban J connectivity index is 1.95. The third kappa shape index (κ3) is 7.66. The maximum Gasteiger partial charge on any atom is 0.244 e. The van der Waals surface area contributed by atoms with Gasteiger partial charge in [-0.25, -0.2) is 8.42 Å². The van der Waals surface area contributed by atoms with Crippen molar-refractivity contribution in [3.63, 3.8) is 0 Å². The van der Waals surface area contributed by atoms with Crippen LogP contribution in [0, 0.1) is 6.92 Å². The van der Waals surface area contributed by atoms with Crippen LogP contribution in [-0.2, 0) is 26.2 Å². The van der Waals surface area contributed by atoms with E-state index >= 15 is 0 Å². The molecule has 1 atom stereocenters. The number of amides is 2. The highest BCUT2D eigenvalue weighted by Crippen LogP contribution is 2.23. The molecular weight excluding hydrogens is 502 g/mol. The molecule has 206 valence electrons. The zero-order chi connectivity index (χ0) is 27.9. The van der Waals surface area contributed by atoms with Crippen molar-refractivity contribution in [2.75, 3.05) is 17.1 Å². The third-order valence-electron chi connectivity index (χ3n) is 7.16. The Morgan fingerprint density at radius 3 is 2.32 bits per heavy atom. The SMILES string of the molecule is CCC(C(=O)NC1CCCCC1)N(Cc1ccccc1C)C(=O)CN(c1cccc(C(C)=O)c1)S(C)(=O)=O. The van der Waals surface area contributed by atoms with Crippen molar-refractivity contribution in [3.8, 4) is 0 Å². The van der Waals surface area contributed by atoms with E-state index in [1.165, 1.54) is 17.9 Å². The molecule has 0 bridgehead atoms. The molecule has 0 radical (unpaired) electrons. The van der Waals surface area contributed by atoms with E-state index in [0.717, 1.165) is 53.8 Å². The van der Waals surface area contributed by atoms with Crippen LogP contribution in [0.1, 0.15) is 73.9 Å². The van der Waals surface area contributed by atoms with Crippen LogP contribution in [0.25, 0.3) is 0 Å². The van der Waals surface area contributed by atoms with E-state index in [4.69, 9.17) is 0 Å². The van der Waals surface area contributed by atoms with Crippen LogP contribution in [0.15, 0.2) is 48.5 Å². The van der Waals surface area contributed by atoms with Crippen molar-refractivity contribution in [1.29, 1.82) is 0 Å². The number of benzene rings is 2. The van der Waals surface area contributed by atoms with Gasteiger partial charge in [0.05, 0.1) is 11.9 Å². The molecule has 1 unspecified atom stereocenters. The first kappa shape index (κ1) is 29.4. The minimum absolute atomic E-state index is 0.0857. The second-order valence-electron chi connectivity index (χ2n) is 10.1. The molecule has 9 heteroatoms. The van der Waals surface area contributed by atoms with Crippen LogP contribution in [0.3, 0.4) is 0 Å². The zero-order valence-corrected chi connectivity index (χ0v) is 23.6. The van der Waals surface area contributed by atoms with Gasteiger partial charge in [-0.05, 0) is 56.4 Å². The number of nitrogens with zero attached hydrogens (tertiary/aromatic N) is 2. The van der Waals surface area contributed by atoms with Gasteiger partial charge in [0, 0.05) is 18.2 Å². The second kappa shape index (κ2) is 13.0. The number of ketones is 1. The van der Waals surface area contributed by atoms with E-state index in [1.807, 2.05) is 38.1 Å². The van der Waals surface area contributed by atoms with Gasteiger partial charge < -0.3 is 10.2 Å². The molecule has 1 fully saturated rings. The summed E-state index contributed by atoms with van der Waals surface area (Å²) in [6, 6.07) is 13.2. The van der Waals surface area contributed by atoms with Crippen molar-refractivity contribution in [2.24, 2.45) is 0 Å². The fourth-order valence-corrected chi connectivity index (χ4v) is 5.77. The second-order valence-corrected chi connectivity index (χ2v) is 12.0. The molecule has 2 aromatic carbocycles. The van der Waals surface area contributed by atoms with Gasteiger partial charge in [0.1, 0.15) is 12.6 Å². The Hall–Kier alpha value is -3.20. The molecule has 1 saturated carbocycles. The van der Waals surface area contributed by atoms with Crippen molar-refractivity contribution < 1.29 is 22.8 Å². The van der Waals surface area contributed by atoms with E-state index in [-0.39, 0.29) is 30.0 Å². The van der Waals surface area contributed by atoms with Crippen LogP contribution in [-0.4, -0.2) is 55.8 Å². The fourth-order valence-electron chi connectivity index (χ4n) is 4.93. The number of hydrogen-bond donors (Lipinski definition) is 1. The standard InChI is InChI=1S/C29H39N3O5S/c1-5-27(29(35)30-25-15-7-6-8-16-25)31(19-24-13-10-9-12-21(24)2)28(34)20-32(38(4,36)37)26-17-11-14-23(18-26)22(3)33/h9-14,17-18,25,27H,5-8,15-16,19-20H2,1-4H3,(H,30,35). The molecule has 0 aliphatic heterocycles. The molecule has 1 N–H and O–H groups in total. The highest BCUT2D eigenvalue weighted by molar-refractivity contribution is 7.92. The Morgan fingerprint density at radius 2 is 1.71 bits per heavy atom. The molecule has 2 amide bonds. The Morgan fingerprint density at radius 1 is 1.03 bits per heavy atom. The normalized spacial score (nSPS) is 14.9. The first-order valence-corrected chi connectivity index (χ1v) is 15.1. The number of nitrogens with one attached hydrogen (secondary N) is 1. The average molecular weight is 542 g/mol. The number of Topliss-reactive ketones (excluding diaryl/α,β-unsaturated/α-hetero) is 1. The van der Waals surface area contributed by atoms with Gasteiger partial charge in [-0.15, -0.1) is 0 Å². The van der Waals surface area contributed by atoms with E-state index < -0.39 is 28.5 Å². The number of hydrogen-bond acceptors (Lipinski definition) is 5. The lowest BCUT2D eigenvalue weighted by atomic mass is 9.95. The van der Waals surface area contributed by atoms with E-state index in [0.29, 0.717) is 12.0 Å². The number of carbonyl (C=O) groups excluding carboxylic acids is 3. The highest BCUT2D eigenvalue weighted by atomic mass is 32.2. The quantitative estimate of drug-likeness (QED) is 0.429. The minimum atomic E-state index is -3.87. The molecule has 0 heterocycles. The van der Waals surface area contributed by atoms with Crippen molar-refractivity contribution in [1.82, 2.24) is 10.2 Å². The van der Waals surface area contributed by atoms with E-state index in [2.05, 4.69) is 5.32 Å². The van der Waals surface area contributed by atoms with E-state index in [9.17, 15) is 22.8 Å². The Bertz CT molecular complexity index is 1250. The number of anilines is 1. The van der Waals surface area contributed by atoms with Gasteiger partial charge in [-0.3, -0.25) is 18.7 Å². The summed E-state index contributed by atoms with van der Waals surface area (Å²) in [7, 11) is -3.87. The Kier molecular flexibility index (Phi) is 10.1. The van der Waals surface area contributed by atoms with Gasteiger partial charge in [0.2, 0.25) is 21.8 Å². The number of carbonyl (C=O) groups is 3. The predicted octanol–water partition coefficient (Wildman–Crippen LogP) is 4.22. The van der Waals surface area contributed by atoms with Crippen LogP contribution in [0.4, 0.5) is 5.69 Å². The number of aryl methyl sites for hydroxylation is 1. The summed E-state index contributed by atoms with van der Waals surface area (Å²) in [6.07, 6.45) is 6.54. The first-order chi connectivity index (χ1) is 18.0. The molecule has 38 heavy (non-hydrogen) atoms. The summed E-state index contributed by atoms with van der Waals surface area (Å²) in [4.78, 5) is 40.7. The molecule has 2 aromatic rings. The summed E-state index contributed by atoms with van der Waals surface area (Å²) >= 11 is 0. The van der Waals surface area contributed by atoms with Crippen LogP contribution >= 0.6 is 0 Å². The minimum Gasteiger partial charge on any atom is -0.352 e. The van der Waals surface area contributed by atoms with Crippen LogP contribution < -0.4 is 9.62 Å². The Labute approximate surface area is 226 Å². The van der Waals surface area contributed by atoms with E-state index in [1.54, 1.807) is 18.2 Å². The first-order valence-electron chi connectivity index (χ1n) is 13.2. The molecular formula is C29H39N3O5S. The summed E-state index contributed by atoms with van der Waals surface area (Å²) in [5.41, 5.74) is 2.43. The molecule has 0 aromatic heterocycles. The summed E-state index contributed by atoms with van der Waals surface area (Å²) in [5.74, 6) is -0.915. The summed E-state index contributed by atoms with van der Waals surface area (Å²) in [5, 5.41) is 3.14. The molecule has 8 nitrogen and oxygen atoms in total. The van der Waals surface area contributed by atoms with Gasteiger partial charge >= 0.3 is 0 Å². The van der Waals surface area contributed by atoms with Gasteiger partial charge in [0.25, 0.3) is 0 Å². The zero-order valence-electron chi connectivity index (χ0n) is 22.8. The average Bonchev–Trinajstić information content (AvgIpc) is 2.88. The lowest BCUT2D eigenvalue weighted by Gasteiger charge is -2.34. The lowest BCUT2D eigenvalue weighted by molar-refractivity contribution is -0.140. The van der Waals surface area contributed by atoms with Crippen LogP contribution in [0.5, 0.6) is 0 Å². The molecule has 1 aliphatic carbocycles. The van der Waals surface area contributed by atoms with Gasteiger partial charge in [-0.2, -0.15) is 0 Å². The fraction of sp³-hybridized carbons (Fsp3) is 0.483. The lowest BCUT2D eigenvalue weighted by Crippen LogP contribution is -2.54. The summed E-state index contributed by atoms with van der Waals surface area (Å²) in [6.45, 7) is 4.88. The number of rotatable bonds is 11. The van der Waals surface area contributed by atoms with Crippen molar-refractivity contribution >= 4 is 33.3 Å². The number of sulfonamides is 1. The molecule has 3 rings (SSSR count). The topological polar surface area (TPSA) is 104 Å². The van der Waals surface area contributed by atoms with Gasteiger partial charge in [-0.1, -0.05) is 62.6 Å². The van der Waals surface area contributed by atoms with Crippen molar-refractivity contribution in [2.45, 2.75) is 77.9 Å². The van der Waals surface area contributed by atoms with Crippen molar-refractivity contribution in [3.05, 3.63) is 65.2 Å². The third-order valence-corrected chi connectivity index (χ3v) is 8.30. The smallest absolute Gasteiger partial charge is 0.244 e. The molecule has 0 spiro atoms. The maximum atomic E-state index is 13.9. The van der Waals surface area contributed by atoms with Gasteiger partial charge in [0.15, 0.2) is 5.78 Å². The molecule has 0 saturated heterocycles. The largest absolute Gasteiger partial charge is 0.352 e.